The number of rotatable bonds is 7. The third-order valence-corrected chi connectivity index (χ3v) is 5.32. The minimum atomic E-state index is 0.0292. The van der Waals surface area contributed by atoms with Gasteiger partial charge in [0, 0.05) is 42.7 Å². The molecular formula is C21H30N4O2. The van der Waals surface area contributed by atoms with Crippen molar-refractivity contribution >= 4 is 22.7 Å². The van der Waals surface area contributed by atoms with E-state index in [4.69, 9.17) is 0 Å². The number of fused-ring (bicyclic) bond motifs is 1. The van der Waals surface area contributed by atoms with Crippen LogP contribution in [0.5, 0.6) is 0 Å². The molecule has 2 N–H and O–H groups in total. The van der Waals surface area contributed by atoms with Gasteiger partial charge in [0.1, 0.15) is 0 Å². The van der Waals surface area contributed by atoms with E-state index in [1.165, 1.54) is 0 Å². The molecule has 1 fully saturated rings. The minimum Gasteiger partial charge on any atom is -0.361 e. The zero-order chi connectivity index (χ0) is 19.2. The lowest BCUT2D eigenvalue weighted by atomic mass is 9.95. The second-order valence-electron chi connectivity index (χ2n) is 7.64. The Morgan fingerprint density at radius 3 is 2.70 bits per heavy atom. The van der Waals surface area contributed by atoms with Crippen LogP contribution in [0.4, 0.5) is 0 Å². The molecule has 2 heterocycles. The molecule has 0 bridgehead atoms. The Hall–Kier alpha value is -2.34. The van der Waals surface area contributed by atoms with Crippen LogP contribution in [0.15, 0.2) is 30.5 Å². The smallest absolute Gasteiger partial charge is 0.227 e. The van der Waals surface area contributed by atoms with Crippen molar-refractivity contribution in [2.75, 3.05) is 40.3 Å². The molecule has 3 rings (SSSR count). The van der Waals surface area contributed by atoms with E-state index in [-0.39, 0.29) is 17.7 Å². The molecule has 6 nitrogen and oxygen atoms in total. The molecule has 0 spiro atoms. The number of H-pyrrole nitrogens is 1. The van der Waals surface area contributed by atoms with Crippen LogP contribution < -0.4 is 5.32 Å². The zero-order valence-electron chi connectivity index (χ0n) is 16.3. The molecule has 146 valence electrons. The summed E-state index contributed by atoms with van der Waals surface area (Å²) in [5, 5.41) is 4.14. The number of benzene rings is 1. The number of para-hydroxylation sites is 1. The van der Waals surface area contributed by atoms with Gasteiger partial charge in [-0.25, -0.2) is 0 Å². The number of nitrogens with zero attached hydrogens (tertiary/aromatic N) is 2. The molecular weight excluding hydrogens is 340 g/mol. The van der Waals surface area contributed by atoms with E-state index < -0.39 is 0 Å². The first-order valence-corrected chi connectivity index (χ1v) is 9.80. The van der Waals surface area contributed by atoms with Gasteiger partial charge >= 0.3 is 0 Å². The van der Waals surface area contributed by atoms with Gasteiger partial charge in [-0.15, -0.1) is 0 Å². The van der Waals surface area contributed by atoms with Crippen molar-refractivity contribution in [3.05, 3.63) is 36.0 Å². The monoisotopic (exact) mass is 370 g/mol. The molecule has 6 heteroatoms. The fourth-order valence-electron chi connectivity index (χ4n) is 3.69. The van der Waals surface area contributed by atoms with E-state index >= 15 is 0 Å². The summed E-state index contributed by atoms with van der Waals surface area (Å²) in [6, 6.07) is 8.04. The molecule has 1 aromatic carbocycles. The van der Waals surface area contributed by atoms with Gasteiger partial charge in [0.2, 0.25) is 11.8 Å². The summed E-state index contributed by atoms with van der Waals surface area (Å²) in [7, 11) is 4.07. The van der Waals surface area contributed by atoms with Crippen LogP contribution >= 0.6 is 0 Å². The van der Waals surface area contributed by atoms with E-state index in [0.717, 1.165) is 48.8 Å². The maximum absolute atomic E-state index is 12.7. The Labute approximate surface area is 160 Å². The van der Waals surface area contributed by atoms with Crippen LogP contribution in [0, 0.1) is 5.92 Å². The molecule has 1 aliphatic heterocycles. The molecule has 0 atom stereocenters. The summed E-state index contributed by atoms with van der Waals surface area (Å²) in [4.78, 5) is 32.2. The highest BCUT2D eigenvalue weighted by Gasteiger charge is 2.27. The quantitative estimate of drug-likeness (QED) is 0.733. The number of likely N-dealkylation sites (tertiary alicyclic amines) is 1. The van der Waals surface area contributed by atoms with Gasteiger partial charge in [0.05, 0.1) is 6.42 Å². The third kappa shape index (κ3) is 5.10. The Bertz CT molecular complexity index is 775. The number of nitrogens with one attached hydrogen (secondary N) is 2. The first-order chi connectivity index (χ1) is 13.0. The van der Waals surface area contributed by atoms with Crippen LogP contribution in [0.1, 0.15) is 24.8 Å². The van der Waals surface area contributed by atoms with Gasteiger partial charge in [-0.2, -0.15) is 0 Å². The van der Waals surface area contributed by atoms with Gasteiger partial charge in [-0.05, 0) is 51.5 Å². The standard InChI is InChI=1S/C21H30N4O2/c1-24(2)11-5-10-22-21(27)16-8-12-25(13-9-16)20(26)14-17-15-23-19-7-4-3-6-18(17)19/h3-4,6-7,15-16,23H,5,8-14H2,1-2H3,(H,22,27). The zero-order valence-corrected chi connectivity index (χ0v) is 16.3. The van der Waals surface area contributed by atoms with Crippen LogP contribution in [0.25, 0.3) is 10.9 Å². The molecule has 0 saturated carbocycles. The van der Waals surface area contributed by atoms with Crippen molar-refractivity contribution in [3.8, 4) is 0 Å². The SMILES string of the molecule is CN(C)CCCNC(=O)C1CCN(C(=O)Cc2c[nH]c3ccccc23)CC1. The molecule has 0 aliphatic carbocycles. The molecule has 27 heavy (non-hydrogen) atoms. The molecule has 2 amide bonds. The number of aromatic amines is 1. The van der Waals surface area contributed by atoms with Crippen LogP contribution in [-0.2, 0) is 16.0 Å². The van der Waals surface area contributed by atoms with Crippen molar-refractivity contribution in [1.29, 1.82) is 0 Å². The average molecular weight is 370 g/mol. The number of carbonyl (C=O) groups excluding carboxylic acids is 2. The third-order valence-electron chi connectivity index (χ3n) is 5.32. The number of amides is 2. The molecule has 0 unspecified atom stereocenters. The van der Waals surface area contributed by atoms with Crippen molar-refractivity contribution in [1.82, 2.24) is 20.1 Å². The van der Waals surface area contributed by atoms with Gasteiger partial charge < -0.3 is 20.1 Å². The minimum absolute atomic E-state index is 0.0292. The molecule has 1 aromatic heterocycles. The summed E-state index contributed by atoms with van der Waals surface area (Å²) in [6.45, 7) is 3.02. The average Bonchev–Trinajstić information content (AvgIpc) is 3.08. The summed E-state index contributed by atoms with van der Waals surface area (Å²) >= 11 is 0. The second-order valence-corrected chi connectivity index (χ2v) is 7.64. The Morgan fingerprint density at radius 2 is 1.96 bits per heavy atom. The normalized spacial score (nSPS) is 15.4. The lowest BCUT2D eigenvalue weighted by Crippen LogP contribution is -2.43. The number of piperidine rings is 1. The highest BCUT2D eigenvalue weighted by Crippen LogP contribution is 2.21. The first kappa shape index (κ1) is 19.4. The van der Waals surface area contributed by atoms with Crippen molar-refractivity contribution in [3.63, 3.8) is 0 Å². The number of hydrogen-bond donors (Lipinski definition) is 2. The molecule has 1 aliphatic rings. The highest BCUT2D eigenvalue weighted by atomic mass is 16.2. The van der Waals surface area contributed by atoms with Gasteiger partial charge in [-0.3, -0.25) is 9.59 Å². The first-order valence-electron chi connectivity index (χ1n) is 9.80. The summed E-state index contributed by atoms with van der Waals surface area (Å²) in [6.07, 6.45) is 4.79. The van der Waals surface area contributed by atoms with E-state index in [9.17, 15) is 9.59 Å². The van der Waals surface area contributed by atoms with Crippen molar-refractivity contribution in [2.45, 2.75) is 25.7 Å². The largest absolute Gasteiger partial charge is 0.361 e. The lowest BCUT2D eigenvalue weighted by Gasteiger charge is -2.31. The van der Waals surface area contributed by atoms with Gasteiger partial charge in [0.25, 0.3) is 0 Å². The summed E-state index contributed by atoms with van der Waals surface area (Å²) in [5.74, 6) is 0.309. The highest BCUT2D eigenvalue weighted by molar-refractivity contribution is 5.89. The number of hydrogen-bond acceptors (Lipinski definition) is 3. The maximum atomic E-state index is 12.7. The predicted molar refractivity (Wildman–Crippen MR) is 107 cm³/mol. The Morgan fingerprint density at radius 1 is 1.22 bits per heavy atom. The molecule has 1 saturated heterocycles. The number of carbonyl (C=O) groups is 2. The van der Waals surface area contributed by atoms with Gasteiger partial charge in [-0.1, -0.05) is 18.2 Å². The maximum Gasteiger partial charge on any atom is 0.227 e. The molecule has 0 radical (unpaired) electrons. The number of aromatic nitrogens is 1. The topological polar surface area (TPSA) is 68.4 Å². The summed E-state index contributed by atoms with van der Waals surface area (Å²) < 4.78 is 0. The van der Waals surface area contributed by atoms with E-state index in [1.807, 2.05) is 49.5 Å². The van der Waals surface area contributed by atoms with Crippen molar-refractivity contribution in [2.24, 2.45) is 5.92 Å². The van der Waals surface area contributed by atoms with E-state index in [1.54, 1.807) is 0 Å². The Balaban J connectivity index is 1.44. The summed E-state index contributed by atoms with van der Waals surface area (Å²) in [5.41, 5.74) is 2.10. The second kappa shape index (κ2) is 9.04. The lowest BCUT2D eigenvalue weighted by molar-refractivity contribution is -0.135. The van der Waals surface area contributed by atoms with Crippen LogP contribution in [0.3, 0.4) is 0 Å². The van der Waals surface area contributed by atoms with Gasteiger partial charge in [0.15, 0.2) is 0 Å². The fourth-order valence-corrected chi connectivity index (χ4v) is 3.69. The van der Waals surface area contributed by atoms with E-state index in [2.05, 4.69) is 15.2 Å². The molecule has 2 aromatic rings. The Kier molecular flexibility index (Phi) is 6.50. The predicted octanol–water partition coefficient (Wildman–Crippen LogP) is 2.02. The fraction of sp³-hybridized carbons (Fsp3) is 0.524. The van der Waals surface area contributed by atoms with Crippen molar-refractivity contribution < 1.29 is 9.59 Å². The van der Waals surface area contributed by atoms with Crippen LogP contribution in [-0.4, -0.2) is 66.9 Å². The van der Waals surface area contributed by atoms with Crippen LogP contribution in [0.2, 0.25) is 0 Å². The van der Waals surface area contributed by atoms with E-state index in [0.29, 0.717) is 19.5 Å².